The summed E-state index contributed by atoms with van der Waals surface area (Å²) in [7, 11) is -4.69. The number of nitrogens with one attached hydrogen (secondary N) is 2. The normalized spacial score (nSPS) is 11.6. The van der Waals surface area contributed by atoms with Gasteiger partial charge >= 0.3 is 5.76 Å². The summed E-state index contributed by atoms with van der Waals surface area (Å²) in [6.07, 6.45) is 0. The number of thioether (sulfide) groups is 1. The van der Waals surface area contributed by atoms with Crippen molar-refractivity contribution in [3.8, 4) is 11.4 Å². The predicted octanol–water partition coefficient (Wildman–Crippen LogP) is 3.34. The van der Waals surface area contributed by atoms with Crippen LogP contribution in [0, 0.1) is 5.82 Å². The molecule has 0 saturated heterocycles. The number of aromatic nitrogens is 3. The third kappa shape index (κ3) is 4.95. The number of sulfone groups is 1. The molecule has 0 spiro atoms. The highest BCUT2D eigenvalue weighted by molar-refractivity contribution is 7.99. The molecule has 0 aliphatic rings. The Kier molecular flexibility index (Phi) is 6.23. The number of aromatic amines is 1. The number of amides is 1. The third-order valence-electron chi connectivity index (χ3n) is 3.63. The van der Waals surface area contributed by atoms with Crippen molar-refractivity contribution in [3.63, 3.8) is 0 Å². The number of hydrogen-bond acceptors (Lipinski definition) is 6. The van der Waals surface area contributed by atoms with Gasteiger partial charge in [-0.3, -0.25) is 9.89 Å². The second kappa shape index (κ2) is 8.66. The second-order valence-electron chi connectivity index (χ2n) is 5.61. The van der Waals surface area contributed by atoms with Crippen LogP contribution in [0.3, 0.4) is 0 Å². The van der Waals surface area contributed by atoms with Crippen LogP contribution in [-0.2, 0) is 14.6 Å². The lowest BCUT2D eigenvalue weighted by atomic mass is 10.2. The fourth-order valence-electron chi connectivity index (χ4n) is 2.24. The zero-order valence-electron chi connectivity index (χ0n) is 14.5. The van der Waals surface area contributed by atoms with Crippen molar-refractivity contribution in [1.29, 1.82) is 0 Å². The third-order valence-corrected chi connectivity index (χ3v) is 5.87. The highest BCUT2D eigenvalue weighted by atomic mass is 32.2. The summed E-state index contributed by atoms with van der Waals surface area (Å²) in [5.41, 5.74) is 0.487. The van der Waals surface area contributed by atoms with E-state index in [9.17, 15) is 26.4 Å². The van der Waals surface area contributed by atoms with E-state index in [1.165, 1.54) is 24.3 Å². The number of H-pyrrole nitrogens is 1. The van der Waals surface area contributed by atoms with Gasteiger partial charge in [0.15, 0.2) is 5.82 Å². The van der Waals surface area contributed by atoms with Crippen LogP contribution in [0.5, 0.6) is 0 Å². The van der Waals surface area contributed by atoms with Crippen molar-refractivity contribution in [3.05, 3.63) is 54.3 Å². The largest absolute Gasteiger partial charge is 0.341 e. The minimum absolute atomic E-state index is 0.0777. The number of anilines is 1. The SMILES string of the molecule is O=C(CSc1n[nH]c(-c2ccccc2F)n1)Nc1ccc(S(=O)(=O)C(F)F)cc1. The molecule has 0 radical (unpaired) electrons. The molecule has 0 atom stereocenters. The van der Waals surface area contributed by atoms with Gasteiger partial charge in [0.25, 0.3) is 0 Å². The summed E-state index contributed by atoms with van der Waals surface area (Å²) in [6.45, 7) is 0. The maximum absolute atomic E-state index is 13.7. The van der Waals surface area contributed by atoms with E-state index in [-0.39, 0.29) is 28.0 Å². The highest BCUT2D eigenvalue weighted by Gasteiger charge is 2.26. The molecular formula is C17H13F3N4O3S2. The quantitative estimate of drug-likeness (QED) is 0.544. The molecule has 3 rings (SSSR count). The Morgan fingerprint density at radius 2 is 1.83 bits per heavy atom. The summed E-state index contributed by atoms with van der Waals surface area (Å²) >= 11 is 0.997. The summed E-state index contributed by atoms with van der Waals surface area (Å²) in [6, 6.07) is 10.4. The number of benzene rings is 2. The first-order chi connectivity index (χ1) is 13.8. The smallest absolute Gasteiger partial charge is 0.325 e. The van der Waals surface area contributed by atoms with E-state index in [1.807, 2.05) is 0 Å². The van der Waals surface area contributed by atoms with Gasteiger partial charge in [-0.2, -0.15) is 8.78 Å². The number of nitrogens with zero attached hydrogens (tertiary/aromatic N) is 2. The number of rotatable bonds is 7. The topological polar surface area (TPSA) is 105 Å². The number of carbonyl (C=O) groups is 1. The van der Waals surface area contributed by atoms with Crippen LogP contribution in [0.2, 0.25) is 0 Å². The first kappa shape index (κ1) is 20.9. The lowest BCUT2D eigenvalue weighted by Gasteiger charge is -2.06. The van der Waals surface area contributed by atoms with Crippen LogP contribution in [0.4, 0.5) is 18.9 Å². The Balaban J connectivity index is 1.58. The van der Waals surface area contributed by atoms with E-state index < -0.39 is 32.2 Å². The van der Waals surface area contributed by atoms with Crippen molar-refractivity contribution < 1.29 is 26.4 Å². The number of halogens is 3. The summed E-state index contributed by atoms with van der Waals surface area (Å²) in [5.74, 6) is -4.28. The standard InChI is InChI=1S/C17H13F3N4O3S2/c18-13-4-2-1-3-12(13)15-22-17(24-23-15)28-9-14(25)21-10-5-7-11(8-6-10)29(26,27)16(19)20/h1-8,16H,9H2,(H,21,25)(H,22,23,24). The van der Waals surface area contributed by atoms with E-state index in [0.29, 0.717) is 0 Å². The molecule has 0 saturated carbocycles. The van der Waals surface area contributed by atoms with Crippen LogP contribution in [-0.4, -0.2) is 41.0 Å². The molecule has 2 aromatic carbocycles. The van der Waals surface area contributed by atoms with Crippen molar-refractivity contribution in [1.82, 2.24) is 15.2 Å². The van der Waals surface area contributed by atoms with Crippen molar-refractivity contribution in [2.45, 2.75) is 15.8 Å². The Hall–Kier alpha value is -2.86. The van der Waals surface area contributed by atoms with Crippen LogP contribution in [0.25, 0.3) is 11.4 Å². The first-order valence-corrected chi connectivity index (χ1v) is 10.5. The molecule has 1 aromatic heterocycles. The Labute approximate surface area is 167 Å². The Morgan fingerprint density at radius 1 is 1.14 bits per heavy atom. The molecule has 0 aliphatic carbocycles. The molecule has 3 aromatic rings. The van der Waals surface area contributed by atoms with Crippen LogP contribution in [0.15, 0.2) is 58.6 Å². The zero-order chi connectivity index (χ0) is 21.0. The van der Waals surface area contributed by atoms with Gasteiger partial charge in [-0.25, -0.2) is 17.8 Å². The Bertz CT molecular complexity index is 1120. The van der Waals surface area contributed by atoms with Gasteiger partial charge in [0.2, 0.25) is 20.9 Å². The number of carbonyl (C=O) groups excluding carboxylic acids is 1. The molecule has 0 bridgehead atoms. The number of alkyl halides is 2. The van der Waals surface area contributed by atoms with Gasteiger partial charge in [0, 0.05) is 5.69 Å². The molecule has 7 nitrogen and oxygen atoms in total. The Morgan fingerprint density at radius 3 is 2.48 bits per heavy atom. The van der Waals surface area contributed by atoms with Gasteiger partial charge < -0.3 is 5.32 Å². The summed E-state index contributed by atoms with van der Waals surface area (Å²) in [5, 5.41) is 9.24. The van der Waals surface area contributed by atoms with Crippen molar-refractivity contribution in [2.75, 3.05) is 11.1 Å². The molecule has 29 heavy (non-hydrogen) atoms. The molecule has 1 amide bonds. The van der Waals surface area contributed by atoms with Crippen LogP contribution >= 0.6 is 11.8 Å². The minimum atomic E-state index is -4.69. The minimum Gasteiger partial charge on any atom is -0.325 e. The van der Waals surface area contributed by atoms with Gasteiger partial charge in [0.05, 0.1) is 16.2 Å². The molecule has 0 aliphatic heterocycles. The van der Waals surface area contributed by atoms with Crippen molar-refractivity contribution >= 4 is 33.2 Å². The fourth-order valence-corrected chi connectivity index (χ4v) is 3.56. The monoisotopic (exact) mass is 442 g/mol. The molecule has 1 heterocycles. The van der Waals surface area contributed by atoms with E-state index in [0.717, 1.165) is 23.9 Å². The summed E-state index contributed by atoms with van der Waals surface area (Å²) < 4.78 is 61.5. The average Bonchev–Trinajstić information content (AvgIpc) is 3.16. The number of hydrogen-bond donors (Lipinski definition) is 2. The molecule has 0 unspecified atom stereocenters. The molecular weight excluding hydrogens is 429 g/mol. The lowest BCUT2D eigenvalue weighted by molar-refractivity contribution is -0.113. The molecule has 12 heteroatoms. The van der Waals surface area contributed by atoms with E-state index in [1.54, 1.807) is 12.1 Å². The molecule has 0 fully saturated rings. The second-order valence-corrected chi connectivity index (χ2v) is 8.47. The maximum Gasteiger partial charge on any atom is 0.341 e. The maximum atomic E-state index is 13.7. The van der Waals surface area contributed by atoms with E-state index in [4.69, 9.17) is 0 Å². The first-order valence-electron chi connectivity index (χ1n) is 7.99. The van der Waals surface area contributed by atoms with Crippen molar-refractivity contribution in [2.24, 2.45) is 0 Å². The van der Waals surface area contributed by atoms with E-state index in [2.05, 4.69) is 20.5 Å². The van der Waals surface area contributed by atoms with Crippen LogP contribution in [0.1, 0.15) is 0 Å². The van der Waals surface area contributed by atoms with E-state index >= 15 is 0 Å². The van der Waals surface area contributed by atoms with Crippen LogP contribution < -0.4 is 5.32 Å². The predicted molar refractivity (Wildman–Crippen MR) is 101 cm³/mol. The zero-order valence-corrected chi connectivity index (χ0v) is 16.1. The lowest BCUT2D eigenvalue weighted by Crippen LogP contribution is -2.15. The average molecular weight is 442 g/mol. The van der Waals surface area contributed by atoms with Gasteiger partial charge in [-0.1, -0.05) is 23.9 Å². The summed E-state index contributed by atoms with van der Waals surface area (Å²) in [4.78, 5) is 15.6. The van der Waals surface area contributed by atoms with Gasteiger partial charge in [-0.05, 0) is 36.4 Å². The molecule has 152 valence electrons. The van der Waals surface area contributed by atoms with Gasteiger partial charge in [-0.15, -0.1) is 5.10 Å². The fraction of sp³-hybridized carbons (Fsp3) is 0.118. The highest BCUT2D eigenvalue weighted by Crippen LogP contribution is 2.23. The van der Waals surface area contributed by atoms with Gasteiger partial charge in [0.1, 0.15) is 5.82 Å². The molecule has 2 N–H and O–H groups in total.